The number of nitrogens with one attached hydrogen (secondary N) is 1. The average Bonchev–Trinajstić information content (AvgIpc) is 3.45. The number of aromatic nitrogens is 6. The second kappa shape index (κ2) is 9.94. The summed E-state index contributed by atoms with van der Waals surface area (Å²) in [5, 5.41) is 14.1. The lowest BCUT2D eigenvalue weighted by atomic mass is 9.98. The van der Waals surface area contributed by atoms with E-state index in [1.807, 2.05) is 62.4 Å². The molecular formula is C25H27FN6O2. The molecule has 4 aromatic rings. The predicted octanol–water partition coefficient (Wildman–Crippen LogP) is 4.32. The fraction of sp³-hybridized carbons (Fsp3) is 0.320. The zero-order chi connectivity index (χ0) is 24.2. The first-order valence-corrected chi connectivity index (χ1v) is 11.4. The highest BCUT2D eigenvalue weighted by Gasteiger charge is 2.23. The van der Waals surface area contributed by atoms with Gasteiger partial charge in [0.05, 0.1) is 12.2 Å². The molecule has 0 amide bonds. The van der Waals surface area contributed by atoms with E-state index in [1.165, 1.54) is 4.57 Å². The summed E-state index contributed by atoms with van der Waals surface area (Å²) in [7, 11) is 0. The van der Waals surface area contributed by atoms with E-state index in [9.17, 15) is 9.59 Å². The highest BCUT2D eigenvalue weighted by molar-refractivity contribution is 5.80. The van der Waals surface area contributed by atoms with Crippen LogP contribution in [0.25, 0.3) is 22.5 Å². The number of rotatable bonds is 8. The number of hydrogen-bond acceptors (Lipinski definition) is 5. The van der Waals surface area contributed by atoms with Crippen LogP contribution >= 0.6 is 0 Å². The molecule has 1 N–H and O–H groups in total. The summed E-state index contributed by atoms with van der Waals surface area (Å²) in [5.41, 5.74) is 3.24. The van der Waals surface area contributed by atoms with Crippen LogP contribution in [-0.2, 0) is 13.0 Å². The maximum absolute atomic E-state index is 15.1. The molecule has 0 saturated carbocycles. The van der Waals surface area contributed by atoms with E-state index in [-0.39, 0.29) is 18.7 Å². The quantitative estimate of drug-likeness (QED) is 0.420. The summed E-state index contributed by atoms with van der Waals surface area (Å²) in [6.45, 7) is 5.88. The van der Waals surface area contributed by atoms with Crippen molar-refractivity contribution < 1.29 is 9.18 Å². The van der Waals surface area contributed by atoms with E-state index < -0.39 is 17.5 Å². The molecule has 176 valence electrons. The average molecular weight is 463 g/mol. The van der Waals surface area contributed by atoms with E-state index in [0.29, 0.717) is 29.2 Å². The molecule has 8 nitrogen and oxygen atoms in total. The van der Waals surface area contributed by atoms with Gasteiger partial charge in [0.15, 0.2) is 5.82 Å². The molecule has 0 aliphatic carbocycles. The van der Waals surface area contributed by atoms with Crippen LogP contribution in [0.4, 0.5) is 4.39 Å². The van der Waals surface area contributed by atoms with E-state index in [4.69, 9.17) is 0 Å². The van der Waals surface area contributed by atoms with Gasteiger partial charge >= 0.3 is 5.69 Å². The molecule has 2 aromatic heterocycles. The summed E-state index contributed by atoms with van der Waals surface area (Å²) >= 11 is 0. The topological polar surface area (TPSA) is 98.5 Å². The molecule has 2 heterocycles. The summed E-state index contributed by atoms with van der Waals surface area (Å²) in [5.74, 6) is -0.379. The van der Waals surface area contributed by atoms with Crippen LogP contribution in [0.5, 0.6) is 0 Å². The molecule has 0 saturated heterocycles. The Hall–Kier alpha value is -3.88. The predicted molar refractivity (Wildman–Crippen MR) is 127 cm³/mol. The van der Waals surface area contributed by atoms with Gasteiger partial charge in [-0.25, -0.2) is 14.5 Å². The van der Waals surface area contributed by atoms with Crippen molar-refractivity contribution in [2.24, 2.45) is 5.92 Å². The Morgan fingerprint density at radius 1 is 1.09 bits per heavy atom. The molecular weight excluding hydrogens is 435 g/mol. The second-order valence-corrected chi connectivity index (χ2v) is 8.61. The van der Waals surface area contributed by atoms with Crippen LogP contribution < -0.4 is 5.69 Å². The van der Waals surface area contributed by atoms with Gasteiger partial charge in [-0.3, -0.25) is 9.36 Å². The molecule has 0 fully saturated rings. The van der Waals surface area contributed by atoms with Crippen LogP contribution in [0.15, 0.2) is 53.3 Å². The van der Waals surface area contributed by atoms with Gasteiger partial charge in [-0.1, -0.05) is 69.3 Å². The lowest BCUT2D eigenvalue weighted by molar-refractivity contribution is 0.0890. The molecule has 2 aromatic carbocycles. The Morgan fingerprint density at radius 2 is 1.79 bits per heavy atom. The number of tetrazole rings is 1. The van der Waals surface area contributed by atoms with Crippen LogP contribution in [0.3, 0.4) is 0 Å². The SMILES string of the molecule is CCC(=O)n1c(F)c(CCC(C)C)n(Cc2ccc(-c3ccccc3-c3nnn[nH]3)cc2)c1=O. The third-order valence-electron chi connectivity index (χ3n) is 5.83. The molecule has 0 radical (unpaired) electrons. The zero-order valence-corrected chi connectivity index (χ0v) is 19.5. The van der Waals surface area contributed by atoms with Crippen molar-refractivity contribution in [1.82, 2.24) is 29.8 Å². The molecule has 0 atom stereocenters. The molecule has 0 aliphatic rings. The van der Waals surface area contributed by atoms with Gasteiger partial charge in [0.1, 0.15) is 0 Å². The summed E-state index contributed by atoms with van der Waals surface area (Å²) in [4.78, 5) is 25.2. The molecule has 0 bridgehead atoms. The van der Waals surface area contributed by atoms with Gasteiger partial charge in [-0.05, 0) is 45.9 Å². The number of imidazole rings is 1. The molecule has 34 heavy (non-hydrogen) atoms. The van der Waals surface area contributed by atoms with Gasteiger partial charge in [-0.15, -0.1) is 5.10 Å². The number of aromatic amines is 1. The van der Waals surface area contributed by atoms with Crippen LogP contribution in [0.2, 0.25) is 0 Å². The lowest BCUT2D eigenvalue weighted by Gasteiger charge is -2.11. The van der Waals surface area contributed by atoms with Crippen molar-refractivity contribution in [1.29, 1.82) is 0 Å². The third-order valence-corrected chi connectivity index (χ3v) is 5.83. The first kappa shape index (κ1) is 23.3. The Morgan fingerprint density at radius 3 is 2.41 bits per heavy atom. The van der Waals surface area contributed by atoms with E-state index >= 15 is 4.39 Å². The number of benzene rings is 2. The first-order valence-electron chi connectivity index (χ1n) is 11.4. The molecule has 9 heteroatoms. The fourth-order valence-electron chi connectivity index (χ4n) is 3.95. The second-order valence-electron chi connectivity index (χ2n) is 8.61. The zero-order valence-electron chi connectivity index (χ0n) is 19.5. The number of halogens is 1. The number of hydrogen-bond donors (Lipinski definition) is 1. The first-order chi connectivity index (χ1) is 16.4. The van der Waals surface area contributed by atoms with Crippen LogP contribution in [-0.4, -0.2) is 35.7 Å². The van der Waals surface area contributed by atoms with Gasteiger partial charge in [0.25, 0.3) is 0 Å². The van der Waals surface area contributed by atoms with Crippen LogP contribution in [0, 0.1) is 11.9 Å². The third kappa shape index (κ3) is 4.59. The molecule has 0 spiro atoms. The minimum Gasteiger partial charge on any atom is -0.288 e. The number of carbonyl (C=O) groups excluding carboxylic acids is 1. The Balaban J connectivity index is 1.67. The largest absolute Gasteiger partial charge is 0.337 e. The van der Waals surface area contributed by atoms with Crippen LogP contribution in [0.1, 0.15) is 49.7 Å². The van der Waals surface area contributed by atoms with E-state index in [2.05, 4.69) is 20.6 Å². The Kier molecular flexibility index (Phi) is 6.81. The number of nitrogens with zero attached hydrogens (tertiary/aromatic N) is 5. The molecule has 0 aliphatic heterocycles. The van der Waals surface area contributed by atoms with Gasteiger partial charge in [0.2, 0.25) is 11.9 Å². The summed E-state index contributed by atoms with van der Waals surface area (Å²) in [6, 6.07) is 15.5. The van der Waals surface area contributed by atoms with Crippen molar-refractivity contribution in [3.8, 4) is 22.5 Å². The van der Waals surface area contributed by atoms with Crippen molar-refractivity contribution >= 4 is 5.91 Å². The highest BCUT2D eigenvalue weighted by Crippen LogP contribution is 2.29. The van der Waals surface area contributed by atoms with Crippen molar-refractivity contribution in [2.45, 2.75) is 46.6 Å². The molecule has 4 rings (SSSR count). The maximum Gasteiger partial charge on any atom is 0.337 e. The monoisotopic (exact) mass is 462 g/mol. The Bertz CT molecular complexity index is 1340. The normalized spacial score (nSPS) is 11.3. The Labute approximate surface area is 196 Å². The minimum absolute atomic E-state index is 0.0548. The standard InChI is InChI=1S/C25H27FN6O2/c1-4-22(33)32-23(26)21(14-9-16(2)3)31(25(32)34)15-17-10-12-18(13-11-17)19-7-5-6-8-20(19)24-27-29-30-28-24/h5-8,10-13,16H,4,9,14-15H2,1-3H3,(H,27,28,29,30). The van der Waals surface area contributed by atoms with E-state index in [0.717, 1.165) is 22.3 Å². The van der Waals surface area contributed by atoms with Crippen molar-refractivity contribution in [3.63, 3.8) is 0 Å². The summed E-state index contributed by atoms with van der Waals surface area (Å²) in [6.07, 6.45) is 1.16. The van der Waals surface area contributed by atoms with Crippen molar-refractivity contribution in [2.75, 3.05) is 0 Å². The van der Waals surface area contributed by atoms with Gasteiger partial charge in [0, 0.05) is 12.0 Å². The van der Waals surface area contributed by atoms with E-state index in [1.54, 1.807) is 6.92 Å². The minimum atomic E-state index is -0.747. The number of carbonyl (C=O) groups is 1. The van der Waals surface area contributed by atoms with Crippen molar-refractivity contribution in [3.05, 3.63) is 76.2 Å². The summed E-state index contributed by atoms with van der Waals surface area (Å²) < 4.78 is 17.2. The fourth-order valence-corrected chi connectivity index (χ4v) is 3.95. The van der Waals surface area contributed by atoms with Gasteiger partial charge in [-0.2, -0.15) is 4.39 Å². The highest BCUT2D eigenvalue weighted by atomic mass is 19.1. The van der Waals surface area contributed by atoms with Gasteiger partial charge < -0.3 is 0 Å². The molecule has 0 unspecified atom stereocenters. The smallest absolute Gasteiger partial charge is 0.288 e. The number of H-pyrrole nitrogens is 1. The maximum atomic E-state index is 15.1. The lowest BCUT2D eigenvalue weighted by Crippen LogP contribution is -2.30.